The second kappa shape index (κ2) is 4.76. The topological polar surface area (TPSA) is 12.0 Å². The summed E-state index contributed by atoms with van der Waals surface area (Å²) in [5.74, 6) is 3.33. The summed E-state index contributed by atoms with van der Waals surface area (Å²) in [6, 6.07) is 10.3. The lowest BCUT2D eigenvalue weighted by atomic mass is 9.68. The Morgan fingerprint density at radius 3 is 2.76 bits per heavy atom. The molecule has 114 valence electrons. The monoisotopic (exact) mass is 301 g/mol. The molecule has 1 aromatic rings. The van der Waals surface area contributed by atoms with Crippen molar-refractivity contribution in [1.82, 2.24) is 5.32 Å². The zero-order valence-electron chi connectivity index (χ0n) is 13.5. The lowest BCUT2D eigenvalue weighted by molar-refractivity contribution is 0.101. The van der Waals surface area contributed by atoms with Gasteiger partial charge in [0, 0.05) is 23.6 Å². The molecule has 2 bridgehead atoms. The molecule has 0 spiro atoms. The van der Waals surface area contributed by atoms with Gasteiger partial charge in [0.1, 0.15) is 0 Å². The highest BCUT2D eigenvalue weighted by atomic mass is 32.2. The van der Waals surface area contributed by atoms with Gasteiger partial charge in [-0.2, -0.15) is 11.8 Å². The molecule has 4 rings (SSSR count). The molecule has 0 amide bonds. The Labute approximate surface area is 133 Å². The highest BCUT2D eigenvalue weighted by Crippen LogP contribution is 2.62. The summed E-state index contributed by atoms with van der Waals surface area (Å²) >= 11 is 2.09. The fraction of sp³-hybridized carbons (Fsp3) is 0.684. The van der Waals surface area contributed by atoms with Gasteiger partial charge >= 0.3 is 0 Å². The van der Waals surface area contributed by atoms with Crippen molar-refractivity contribution in [3.8, 4) is 0 Å². The van der Waals surface area contributed by atoms with E-state index < -0.39 is 0 Å². The van der Waals surface area contributed by atoms with Crippen LogP contribution in [0.3, 0.4) is 0 Å². The van der Waals surface area contributed by atoms with Gasteiger partial charge in [-0.15, -0.1) is 0 Å². The molecule has 3 aliphatic rings. The SMILES string of the molecule is CC12CCC(C1)C(C)(C)C2NC1CSCc2ccccc21. The second-order valence-corrected chi connectivity index (χ2v) is 9.31. The van der Waals surface area contributed by atoms with E-state index in [-0.39, 0.29) is 0 Å². The summed E-state index contributed by atoms with van der Waals surface area (Å²) in [6.07, 6.45) is 4.29. The molecule has 0 radical (unpaired) electrons. The van der Waals surface area contributed by atoms with Crippen molar-refractivity contribution >= 4 is 11.8 Å². The van der Waals surface area contributed by atoms with Gasteiger partial charge in [0.15, 0.2) is 0 Å². The molecule has 2 aliphatic carbocycles. The normalized spacial score (nSPS) is 40.2. The Kier molecular flexibility index (Phi) is 3.21. The molecule has 1 aliphatic heterocycles. The molecule has 4 atom stereocenters. The van der Waals surface area contributed by atoms with Crippen molar-refractivity contribution in [2.45, 2.75) is 57.9 Å². The van der Waals surface area contributed by atoms with E-state index in [1.54, 1.807) is 5.56 Å². The number of hydrogen-bond donors (Lipinski definition) is 1. The molecule has 4 unspecified atom stereocenters. The average molecular weight is 301 g/mol. The first-order chi connectivity index (χ1) is 10.0. The quantitative estimate of drug-likeness (QED) is 0.843. The maximum Gasteiger partial charge on any atom is 0.0417 e. The maximum atomic E-state index is 4.12. The van der Waals surface area contributed by atoms with Crippen LogP contribution in [-0.2, 0) is 5.75 Å². The molecular weight excluding hydrogens is 274 g/mol. The van der Waals surface area contributed by atoms with E-state index in [9.17, 15) is 0 Å². The number of fused-ring (bicyclic) bond motifs is 3. The van der Waals surface area contributed by atoms with Crippen LogP contribution in [0.25, 0.3) is 0 Å². The van der Waals surface area contributed by atoms with Gasteiger partial charge in [-0.25, -0.2) is 0 Å². The van der Waals surface area contributed by atoms with Crippen LogP contribution in [0.1, 0.15) is 57.2 Å². The van der Waals surface area contributed by atoms with Crippen LogP contribution < -0.4 is 5.32 Å². The van der Waals surface area contributed by atoms with Crippen molar-refractivity contribution in [2.24, 2.45) is 16.7 Å². The summed E-state index contributed by atoms with van der Waals surface area (Å²) in [7, 11) is 0. The van der Waals surface area contributed by atoms with Crippen LogP contribution in [0.4, 0.5) is 0 Å². The highest BCUT2D eigenvalue weighted by Gasteiger charge is 2.59. The summed E-state index contributed by atoms with van der Waals surface area (Å²) in [5.41, 5.74) is 4.06. The maximum absolute atomic E-state index is 4.12. The first kappa shape index (κ1) is 14.1. The zero-order valence-corrected chi connectivity index (χ0v) is 14.3. The molecule has 2 saturated carbocycles. The van der Waals surface area contributed by atoms with Crippen molar-refractivity contribution in [2.75, 3.05) is 5.75 Å². The predicted octanol–water partition coefficient (Wildman–Crippen LogP) is 4.78. The number of thioether (sulfide) groups is 1. The Hall–Kier alpha value is -0.470. The Morgan fingerprint density at radius 2 is 2.00 bits per heavy atom. The van der Waals surface area contributed by atoms with Gasteiger partial charge in [0.05, 0.1) is 0 Å². The minimum atomic E-state index is 0.448. The fourth-order valence-electron chi connectivity index (χ4n) is 5.44. The van der Waals surface area contributed by atoms with Gasteiger partial charge in [0.25, 0.3) is 0 Å². The van der Waals surface area contributed by atoms with Gasteiger partial charge in [-0.05, 0) is 47.1 Å². The third kappa shape index (κ3) is 2.09. The van der Waals surface area contributed by atoms with Crippen LogP contribution in [0.5, 0.6) is 0 Å². The lowest BCUT2D eigenvalue weighted by Gasteiger charge is -2.45. The Balaban J connectivity index is 1.62. The van der Waals surface area contributed by atoms with Gasteiger partial charge in [0.2, 0.25) is 0 Å². The molecule has 2 heteroatoms. The van der Waals surface area contributed by atoms with E-state index in [4.69, 9.17) is 0 Å². The summed E-state index contributed by atoms with van der Waals surface area (Å²) in [6.45, 7) is 7.53. The van der Waals surface area contributed by atoms with Crippen LogP contribution >= 0.6 is 11.8 Å². The predicted molar refractivity (Wildman–Crippen MR) is 91.5 cm³/mol. The average Bonchev–Trinajstić information content (AvgIpc) is 2.95. The van der Waals surface area contributed by atoms with Crippen molar-refractivity contribution in [3.05, 3.63) is 35.4 Å². The van der Waals surface area contributed by atoms with E-state index in [1.807, 2.05) is 0 Å². The second-order valence-electron chi connectivity index (χ2n) is 8.28. The van der Waals surface area contributed by atoms with E-state index in [2.05, 4.69) is 62.1 Å². The largest absolute Gasteiger partial charge is 0.305 e. The molecule has 21 heavy (non-hydrogen) atoms. The van der Waals surface area contributed by atoms with Gasteiger partial charge in [-0.3, -0.25) is 0 Å². The third-order valence-corrected chi connectivity index (χ3v) is 7.69. The number of rotatable bonds is 2. The number of nitrogens with one attached hydrogen (secondary N) is 1. The van der Waals surface area contributed by atoms with Crippen LogP contribution in [0.2, 0.25) is 0 Å². The Morgan fingerprint density at radius 1 is 1.19 bits per heavy atom. The highest BCUT2D eigenvalue weighted by molar-refractivity contribution is 7.98. The molecular formula is C19H27NS. The third-order valence-electron chi connectivity index (χ3n) is 6.61. The van der Waals surface area contributed by atoms with Crippen LogP contribution in [-0.4, -0.2) is 11.8 Å². The number of hydrogen-bond acceptors (Lipinski definition) is 2. The molecule has 2 fully saturated rings. The summed E-state index contributed by atoms with van der Waals surface area (Å²) in [4.78, 5) is 0. The van der Waals surface area contributed by atoms with Gasteiger partial charge < -0.3 is 5.32 Å². The van der Waals surface area contributed by atoms with E-state index >= 15 is 0 Å². The van der Waals surface area contributed by atoms with E-state index in [1.165, 1.54) is 36.3 Å². The van der Waals surface area contributed by atoms with E-state index in [0.717, 1.165) is 5.92 Å². The first-order valence-electron chi connectivity index (χ1n) is 8.42. The Bertz CT molecular complexity index is 547. The molecule has 0 aromatic heterocycles. The molecule has 1 heterocycles. The van der Waals surface area contributed by atoms with Crippen molar-refractivity contribution in [1.29, 1.82) is 0 Å². The van der Waals surface area contributed by atoms with Crippen molar-refractivity contribution < 1.29 is 0 Å². The summed E-state index contributed by atoms with van der Waals surface area (Å²) in [5, 5.41) is 4.12. The fourth-order valence-corrected chi connectivity index (χ4v) is 6.55. The first-order valence-corrected chi connectivity index (χ1v) is 9.58. The molecule has 0 saturated heterocycles. The minimum absolute atomic E-state index is 0.448. The summed E-state index contributed by atoms with van der Waals surface area (Å²) < 4.78 is 0. The smallest absolute Gasteiger partial charge is 0.0417 e. The van der Waals surface area contributed by atoms with Crippen LogP contribution in [0.15, 0.2) is 24.3 Å². The zero-order chi connectivity index (χ0) is 14.7. The minimum Gasteiger partial charge on any atom is -0.305 e. The molecule has 1 aromatic carbocycles. The van der Waals surface area contributed by atoms with Crippen molar-refractivity contribution in [3.63, 3.8) is 0 Å². The molecule has 1 nitrogen and oxygen atoms in total. The molecule has 1 N–H and O–H groups in total. The lowest BCUT2D eigenvalue weighted by Crippen LogP contribution is -2.52. The standard InChI is InChI=1S/C19H27NS/c1-18(2)14-8-9-19(3,10-14)17(18)20-16-12-21-11-13-6-4-5-7-15(13)16/h4-7,14,16-17,20H,8-12H2,1-3H3. The van der Waals surface area contributed by atoms with E-state index in [0.29, 0.717) is 22.9 Å². The number of benzene rings is 1. The van der Waals surface area contributed by atoms with Gasteiger partial charge in [-0.1, -0.05) is 45.0 Å². The van der Waals surface area contributed by atoms with Crippen LogP contribution in [0, 0.1) is 16.7 Å².